The fourth-order valence-corrected chi connectivity index (χ4v) is 2.78. The number of carbonyl (C=O) groups is 1. The minimum Gasteiger partial charge on any atom is -0.464 e. The lowest BCUT2D eigenvalue weighted by Crippen LogP contribution is -2.00. The Morgan fingerprint density at radius 2 is 2.21 bits per heavy atom. The molecule has 0 saturated carbocycles. The van der Waals surface area contributed by atoms with E-state index in [4.69, 9.17) is 0 Å². The zero-order chi connectivity index (χ0) is 13.4. The van der Waals surface area contributed by atoms with Gasteiger partial charge in [-0.2, -0.15) is 9.47 Å². The molecule has 96 valence electrons. The van der Waals surface area contributed by atoms with Gasteiger partial charge in [0, 0.05) is 5.39 Å². The summed E-state index contributed by atoms with van der Waals surface area (Å²) in [7, 11) is 1.35. The highest BCUT2D eigenvalue weighted by Gasteiger charge is 2.14. The van der Waals surface area contributed by atoms with E-state index in [9.17, 15) is 4.79 Å². The standard InChI is InChI=1S/C13H11N3O2S/c1-7-3-8-6-14-15-10(8)4-9(7)12-5-11(16-19-12)13(17)18-2/h3-6H,1-2H3,(H,14,15). The second-order valence-electron chi connectivity index (χ2n) is 4.19. The van der Waals surface area contributed by atoms with E-state index in [0.717, 1.165) is 26.9 Å². The monoisotopic (exact) mass is 273 g/mol. The zero-order valence-corrected chi connectivity index (χ0v) is 11.2. The third kappa shape index (κ3) is 2.00. The maximum absolute atomic E-state index is 11.4. The Bertz CT molecular complexity index is 760. The smallest absolute Gasteiger partial charge is 0.357 e. The average molecular weight is 273 g/mol. The van der Waals surface area contributed by atoms with Gasteiger partial charge in [0.1, 0.15) is 0 Å². The molecule has 0 amide bonds. The Morgan fingerprint density at radius 1 is 1.37 bits per heavy atom. The fourth-order valence-electron chi connectivity index (χ4n) is 1.97. The van der Waals surface area contributed by atoms with E-state index in [1.54, 1.807) is 12.3 Å². The number of hydrogen-bond donors (Lipinski definition) is 1. The van der Waals surface area contributed by atoms with Gasteiger partial charge in [-0.05, 0) is 47.8 Å². The maximum Gasteiger partial charge on any atom is 0.357 e. The second kappa shape index (κ2) is 4.47. The number of aryl methyl sites for hydroxylation is 1. The van der Waals surface area contributed by atoms with Crippen molar-refractivity contribution >= 4 is 28.4 Å². The summed E-state index contributed by atoms with van der Waals surface area (Å²) in [6, 6.07) is 5.83. The lowest BCUT2D eigenvalue weighted by atomic mass is 10.0. The first kappa shape index (κ1) is 11.9. The number of methoxy groups -OCH3 is 1. The van der Waals surface area contributed by atoms with Crippen LogP contribution in [-0.2, 0) is 4.74 Å². The van der Waals surface area contributed by atoms with Gasteiger partial charge in [-0.25, -0.2) is 4.79 Å². The molecule has 0 aliphatic carbocycles. The number of benzene rings is 1. The van der Waals surface area contributed by atoms with Crippen LogP contribution in [0.5, 0.6) is 0 Å². The summed E-state index contributed by atoms with van der Waals surface area (Å²) in [5.74, 6) is -0.414. The predicted molar refractivity (Wildman–Crippen MR) is 73.3 cm³/mol. The Labute approximate surface area is 113 Å². The van der Waals surface area contributed by atoms with Gasteiger partial charge in [-0.15, -0.1) is 0 Å². The highest BCUT2D eigenvalue weighted by molar-refractivity contribution is 7.09. The van der Waals surface area contributed by atoms with Crippen molar-refractivity contribution in [3.8, 4) is 10.4 Å². The second-order valence-corrected chi connectivity index (χ2v) is 5.00. The number of ether oxygens (including phenoxy) is 1. The van der Waals surface area contributed by atoms with Crippen LogP contribution in [0.4, 0.5) is 0 Å². The molecule has 0 spiro atoms. The molecule has 1 N–H and O–H groups in total. The minimum atomic E-state index is -0.414. The SMILES string of the molecule is COC(=O)c1cc(-c2cc3[nH]ncc3cc2C)sn1. The predicted octanol–water partition coefficient (Wildman–Crippen LogP) is 2.78. The number of nitrogens with zero attached hydrogens (tertiary/aromatic N) is 2. The number of fused-ring (bicyclic) bond motifs is 1. The molecule has 0 saturated heterocycles. The van der Waals surface area contributed by atoms with Crippen LogP contribution in [0.15, 0.2) is 24.4 Å². The van der Waals surface area contributed by atoms with Crippen LogP contribution in [0.1, 0.15) is 16.1 Å². The van der Waals surface area contributed by atoms with E-state index in [0.29, 0.717) is 5.69 Å². The molecule has 0 aliphatic rings. The highest BCUT2D eigenvalue weighted by atomic mass is 32.1. The van der Waals surface area contributed by atoms with Crippen LogP contribution in [0.2, 0.25) is 0 Å². The number of aromatic nitrogens is 3. The summed E-state index contributed by atoms with van der Waals surface area (Å²) >= 11 is 1.29. The quantitative estimate of drug-likeness (QED) is 0.729. The summed E-state index contributed by atoms with van der Waals surface area (Å²) in [4.78, 5) is 12.4. The molecular formula is C13H11N3O2S. The number of aromatic amines is 1. The molecule has 3 aromatic rings. The molecule has 0 fully saturated rings. The molecule has 0 aliphatic heterocycles. The van der Waals surface area contributed by atoms with E-state index in [2.05, 4.69) is 25.4 Å². The molecule has 0 unspecified atom stereocenters. The van der Waals surface area contributed by atoms with Crippen molar-refractivity contribution in [2.45, 2.75) is 6.92 Å². The van der Waals surface area contributed by atoms with Gasteiger partial charge in [0.25, 0.3) is 0 Å². The number of hydrogen-bond acceptors (Lipinski definition) is 5. The van der Waals surface area contributed by atoms with E-state index >= 15 is 0 Å². The topological polar surface area (TPSA) is 67.9 Å². The lowest BCUT2D eigenvalue weighted by Gasteiger charge is -2.02. The van der Waals surface area contributed by atoms with Crippen molar-refractivity contribution in [2.75, 3.05) is 7.11 Å². The normalized spacial score (nSPS) is 10.8. The molecule has 3 rings (SSSR count). The van der Waals surface area contributed by atoms with Crippen LogP contribution in [0.3, 0.4) is 0 Å². The van der Waals surface area contributed by atoms with Crippen molar-refractivity contribution in [2.24, 2.45) is 0 Å². The first-order valence-corrected chi connectivity index (χ1v) is 6.45. The van der Waals surface area contributed by atoms with Gasteiger partial charge in [0.2, 0.25) is 0 Å². The summed E-state index contributed by atoms with van der Waals surface area (Å²) in [5, 5.41) is 8.02. The number of H-pyrrole nitrogens is 1. The number of nitrogens with one attached hydrogen (secondary N) is 1. The van der Waals surface area contributed by atoms with Gasteiger partial charge in [0.15, 0.2) is 5.69 Å². The van der Waals surface area contributed by atoms with Crippen molar-refractivity contribution in [1.29, 1.82) is 0 Å². The van der Waals surface area contributed by atoms with E-state index < -0.39 is 5.97 Å². The zero-order valence-electron chi connectivity index (χ0n) is 10.4. The molecule has 0 radical (unpaired) electrons. The van der Waals surface area contributed by atoms with Crippen molar-refractivity contribution in [3.63, 3.8) is 0 Å². The lowest BCUT2D eigenvalue weighted by molar-refractivity contribution is 0.0595. The molecule has 0 atom stereocenters. The molecule has 0 bridgehead atoms. The van der Waals surface area contributed by atoms with Crippen LogP contribution in [0, 0.1) is 6.92 Å². The van der Waals surface area contributed by atoms with Crippen molar-refractivity contribution in [1.82, 2.24) is 14.6 Å². The maximum atomic E-state index is 11.4. The van der Waals surface area contributed by atoms with Crippen LogP contribution >= 0.6 is 11.5 Å². The van der Waals surface area contributed by atoms with E-state index in [-0.39, 0.29) is 0 Å². The Hall–Kier alpha value is -2.21. The Morgan fingerprint density at radius 3 is 3.00 bits per heavy atom. The number of carbonyl (C=O) groups excluding carboxylic acids is 1. The van der Waals surface area contributed by atoms with Gasteiger partial charge < -0.3 is 4.74 Å². The van der Waals surface area contributed by atoms with Gasteiger partial charge in [-0.3, -0.25) is 5.10 Å². The third-order valence-corrected chi connectivity index (χ3v) is 3.78. The molecule has 19 heavy (non-hydrogen) atoms. The molecule has 5 nitrogen and oxygen atoms in total. The Balaban J connectivity index is 2.10. The van der Waals surface area contributed by atoms with E-state index in [1.165, 1.54) is 18.6 Å². The number of esters is 1. The minimum absolute atomic E-state index is 0.339. The molecule has 2 heterocycles. The largest absolute Gasteiger partial charge is 0.464 e. The first-order chi connectivity index (χ1) is 9.19. The van der Waals surface area contributed by atoms with Crippen LogP contribution in [0.25, 0.3) is 21.3 Å². The van der Waals surface area contributed by atoms with Crippen molar-refractivity contribution < 1.29 is 9.53 Å². The molecule has 2 aromatic heterocycles. The first-order valence-electron chi connectivity index (χ1n) is 5.68. The fraction of sp³-hybridized carbons (Fsp3) is 0.154. The molecular weight excluding hydrogens is 262 g/mol. The summed E-state index contributed by atoms with van der Waals surface area (Å²) in [6.45, 7) is 2.03. The summed E-state index contributed by atoms with van der Waals surface area (Å²) < 4.78 is 8.78. The number of rotatable bonds is 2. The van der Waals surface area contributed by atoms with Gasteiger partial charge >= 0.3 is 5.97 Å². The summed E-state index contributed by atoms with van der Waals surface area (Å²) in [5.41, 5.74) is 3.47. The van der Waals surface area contributed by atoms with E-state index in [1.807, 2.05) is 13.0 Å². The van der Waals surface area contributed by atoms with Crippen molar-refractivity contribution in [3.05, 3.63) is 35.7 Å². The third-order valence-electron chi connectivity index (χ3n) is 2.96. The highest BCUT2D eigenvalue weighted by Crippen LogP contribution is 2.30. The molecule has 6 heteroatoms. The Kier molecular flexibility index (Phi) is 2.79. The van der Waals surface area contributed by atoms with Crippen LogP contribution in [-0.4, -0.2) is 27.7 Å². The van der Waals surface area contributed by atoms with Gasteiger partial charge in [-0.1, -0.05) is 0 Å². The van der Waals surface area contributed by atoms with Gasteiger partial charge in [0.05, 0.1) is 23.7 Å². The average Bonchev–Trinajstić information content (AvgIpc) is 3.04. The van der Waals surface area contributed by atoms with Crippen LogP contribution < -0.4 is 0 Å². The molecule has 1 aromatic carbocycles. The summed E-state index contributed by atoms with van der Waals surface area (Å²) in [6.07, 6.45) is 1.79.